The molecule has 1 aromatic rings. The largest absolute Gasteiger partial charge is 0.461 e. The second kappa shape index (κ2) is 5.95. The molecule has 0 aromatic carbocycles. The predicted octanol–water partition coefficient (Wildman–Crippen LogP) is 2.44. The zero-order chi connectivity index (χ0) is 13.9. The average Bonchev–Trinajstić information content (AvgIpc) is 3.20. The van der Waals surface area contributed by atoms with E-state index in [1.165, 1.54) is 0 Å². The molecule has 5 heteroatoms. The zero-order valence-corrected chi connectivity index (χ0v) is 12.2. The molecular formula is C15H19NO3S. The van der Waals surface area contributed by atoms with Crippen LogP contribution in [0.5, 0.6) is 0 Å². The molecule has 0 radical (unpaired) electrons. The number of hydrogen-bond donors (Lipinski definition) is 0. The van der Waals surface area contributed by atoms with Crippen LogP contribution >= 0.6 is 11.3 Å². The van der Waals surface area contributed by atoms with Crippen LogP contribution in [0.1, 0.15) is 31.2 Å². The standard InChI is InChI=1S/C15H19NO3S/c17-14(12-3-4-12)16-6-1-2-13(8-16)15(18)19-9-11-5-7-20-10-11/h5,7,10,12-13H,1-4,6,8-9H2/t13-/m1/s1. The van der Waals surface area contributed by atoms with Gasteiger partial charge < -0.3 is 9.64 Å². The average molecular weight is 293 g/mol. The quantitative estimate of drug-likeness (QED) is 0.801. The van der Waals surface area contributed by atoms with Crippen LogP contribution in [0.25, 0.3) is 0 Å². The Hall–Kier alpha value is -1.36. The Morgan fingerprint density at radius 2 is 2.15 bits per heavy atom. The fourth-order valence-electron chi connectivity index (χ4n) is 2.61. The van der Waals surface area contributed by atoms with E-state index in [0.29, 0.717) is 13.2 Å². The van der Waals surface area contributed by atoms with Crippen molar-refractivity contribution in [2.24, 2.45) is 11.8 Å². The van der Waals surface area contributed by atoms with Gasteiger partial charge in [-0.15, -0.1) is 0 Å². The van der Waals surface area contributed by atoms with E-state index in [1.807, 2.05) is 21.7 Å². The highest BCUT2D eigenvalue weighted by atomic mass is 32.1. The number of piperidine rings is 1. The molecule has 1 aliphatic carbocycles. The van der Waals surface area contributed by atoms with Gasteiger partial charge in [-0.05, 0) is 42.5 Å². The van der Waals surface area contributed by atoms with Crippen LogP contribution in [0.4, 0.5) is 0 Å². The number of rotatable bonds is 4. The van der Waals surface area contributed by atoms with Gasteiger partial charge in [0, 0.05) is 24.6 Å². The lowest BCUT2D eigenvalue weighted by Gasteiger charge is -2.31. The van der Waals surface area contributed by atoms with Crippen molar-refractivity contribution in [1.29, 1.82) is 0 Å². The Morgan fingerprint density at radius 1 is 1.30 bits per heavy atom. The molecule has 2 heterocycles. The van der Waals surface area contributed by atoms with E-state index in [1.54, 1.807) is 11.3 Å². The molecule has 1 atom stereocenters. The van der Waals surface area contributed by atoms with Crippen molar-refractivity contribution in [1.82, 2.24) is 4.90 Å². The summed E-state index contributed by atoms with van der Waals surface area (Å²) < 4.78 is 5.36. The van der Waals surface area contributed by atoms with Gasteiger partial charge in [-0.25, -0.2) is 0 Å². The van der Waals surface area contributed by atoms with E-state index in [4.69, 9.17) is 4.74 Å². The van der Waals surface area contributed by atoms with Crippen LogP contribution in [0, 0.1) is 11.8 Å². The predicted molar refractivity (Wildman–Crippen MR) is 76.1 cm³/mol. The van der Waals surface area contributed by atoms with Crippen LogP contribution in [-0.2, 0) is 20.9 Å². The Labute approximate surface area is 122 Å². The van der Waals surface area contributed by atoms with Gasteiger partial charge in [0.25, 0.3) is 0 Å². The van der Waals surface area contributed by atoms with Crippen molar-refractivity contribution in [2.75, 3.05) is 13.1 Å². The molecule has 1 saturated carbocycles. The molecule has 0 bridgehead atoms. The van der Waals surface area contributed by atoms with Crippen LogP contribution < -0.4 is 0 Å². The van der Waals surface area contributed by atoms with Gasteiger partial charge in [-0.2, -0.15) is 11.3 Å². The van der Waals surface area contributed by atoms with E-state index in [-0.39, 0.29) is 23.7 Å². The Balaban J connectivity index is 1.50. The molecule has 20 heavy (non-hydrogen) atoms. The third kappa shape index (κ3) is 3.20. The summed E-state index contributed by atoms with van der Waals surface area (Å²) in [5.74, 6) is 0.158. The number of nitrogens with zero attached hydrogens (tertiary/aromatic N) is 1. The maximum absolute atomic E-state index is 12.1. The first-order chi connectivity index (χ1) is 9.74. The van der Waals surface area contributed by atoms with E-state index in [2.05, 4.69) is 0 Å². The summed E-state index contributed by atoms with van der Waals surface area (Å²) in [5.41, 5.74) is 1.03. The number of hydrogen-bond acceptors (Lipinski definition) is 4. The molecule has 0 N–H and O–H groups in total. The summed E-state index contributed by atoms with van der Waals surface area (Å²) in [6.07, 6.45) is 3.76. The maximum Gasteiger partial charge on any atom is 0.311 e. The molecule has 0 unspecified atom stereocenters. The number of amides is 1. The van der Waals surface area contributed by atoms with E-state index in [0.717, 1.165) is 37.8 Å². The smallest absolute Gasteiger partial charge is 0.311 e. The van der Waals surface area contributed by atoms with Crippen molar-refractivity contribution >= 4 is 23.2 Å². The second-order valence-electron chi connectivity index (χ2n) is 5.64. The minimum absolute atomic E-state index is 0.148. The molecule has 4 nitrogen and oxygen atoms in total. The number of esters is 1. The van der Waals surface area contributed by atoms with Gasteiger partial charge in [-0.1, -0.05) is 0 Å². The monoisotopic (exact) mass is 293 g/mol. The van der Waals surface area contributed by atoms with Gasteiger partial charge in [0.1, 0.15) is 6.61 Å². The number of ether oxygens (including phenoxy) is 1. The first-order valence-electron chi connectivity index (χ1n) is 7.20. The molecule has 0 spiro atoms. The summed E-state index contributed by atoms with van der Waals surface area (Å²) in [4.78, 5) is 26.0. The zero-order valence-electron chi connectivity index (χ0n) is 11.4. The van der Waals surface area contributed by atoms with Gasteiger partial charge in [0.2, 0.25) is 5.91 Å². The van der Waals surface area contributed by atoms with E-state index < -0.39 is 0 Å². The first kappa shape index (κ1) is 13.6. The number of likely N-dealkylation sites (tertiary alicyclic amines) is 1. The lowest BCUT2D eigenvalue weighted by atomic mass is 9.98. The summed E-state index contributed by atoms with van der Waals surface area (Å²) in [7, 11) is 0. The van der Waals surface area contributed by atoms with E-state index >= 15 is 0 Å². The minimum Gasteiger partial charge on any atom is -0.461 e. The van der Waals surface area contributed by atoms with Crippen LogP contribution in [-0.4, -0.2) is 29.9 Å². The van der Waals surface area contributed by atoms with Crippen molar-refractivity contribution in [2.45, 2.75) is 32.3 Å². The molecular weight excluding hydrogens is 274 g/mol. The third-order valence-corrected chi connectivity index (χ3v) is 4.69. The molecule has 1 amide bonds. The molecule has 2 aliphatic rings. The topological polar surface area (TPSA) is 46.6 Å². The first-order valence-corrected chi connectivity index (χ1v) is 8.15. The molecule has 1 aromatic heterocycles. The third-order valence-electron chi connectivity index (χ3n) is 3.95. The lowest BCUT2D eigenvalue weighted by molar-refractivity contribution is -0.153. The van der Waals surface area contributed by atoms with Gasteiger partial charge in [0.05, 0.1) is 5.92 Å². The lowest BCUT2D eigenvalue weighted by Crippen LogP contribution is -2.43. The highest BCUT2D eigenvalue weighted by molar-refractivity contribution is 7.07. The van der Waals surface area contributed by atoms with Gasteiger partial charge >= 0.3 is 5.97 Å². The summed E-state index contributed by atoms with van der Waals surface area (Å²) in [6.45, 7) is 1.68. The normalized spacial score (nSPS) is 22.6. The maximum atomic E-state index is 12.1. The van der Waals surface area contributed by atoms with Crippen LogP contribution in [0.3, 0.4) is 0 Å². The van der Waals surface area contributed by atoms with Crippen molar-refractivity contribution in [3.63, 3.8) is 0 Å². The fourth-order valence-corrected chi connectivity index (χ4v) is 3.26. The summed E-state index contributed by atoms with van der Waals surface area (Å²) in [6, 6.07) is 1.96. The molecule has 2 fully saturated rings. The highest BCUT2D eigenvalue weighted by Gasteiger charge is 2.37. The van der Waals surface area contributed by atoms with Gasteiger partial charge in [0.15, 0.2) is 0 Å². The van der Waals surface area contributed by atoms with Crippen molar-refractivity contribution in [3.05, 3.63) is 22.4 Å². The fraction of sp³-hybridized carbons (Fsp3) is 0.600. The Morgan fingerprint density at radius 3 is 2.85 bits per heavy atom. The van der Waals surface area contributed by atoms with E-state index in [9.17, 15) is 9.59 Å². The molecule has 108 valence electrons. The molecule has 1 saturated heterocycles. The highest BCUT2D eigenvalue weighted by Crippen LogP contribution is 2.32. The number of carbonyl (C=O) groups is 2. The number of thiophene rings is 1. The van der Waals surface area contributed by atoms with Crippen molar-refractivity contribution < 1.29 is 14.3 Å². The van der Waals surface area contributed by atoms with Gasteiger partial charge in [-0.3, -0.25) is 9.59 Å². The Bertz CT molecular complexity index is 481. The summed E-state index contributed by atoms with van der Waals surface area (Å²) in [5, 5.41) is 3.96. The number of carbonyl (C=O) groups excluding carboxylic acids is 2. The SMILES string of the molecule is O=C(OCc1ccsc1)[C@@H]1CCCN(C(=O)C2CC2)C1. The molecule has 1 aliphatic heterocycles. The Kier molecular flexibility index (Phi) is 4.05. The van der Waals surface area contributed by atoms with Crippen LogP contribution in [0.15, 0.2) is 16.8 Å². The van der Waals surface area contributed by atoms with Crippen LogP contribution in [0.2, 0.25) is 0 Å². The van der Waals surface area contributed by atoms with Crippen molar-refractivity contribution in [3.8, 4) is 0 Å². The molecule has 3 rings (SSSR count). The summed E-state index contributed by atoms with van der Waals surface area (Å²) >= 11 is 1.60. The second-order valence-corrected chi connectivity index (χ2v) is 6.42. The minimum atomic E-state index is -0.163.